The average molecular weight is 405 g/mol. The number of nitrogens with zero attached hydrogens (tertiary/aromatic N) is 5. The van der Waals surface area contributed by atoms with Gasteiger partial charge in [-0.1, -0.05) is 17.3 Å². The molecule has 0 aliphatic heterocycles. The Morgan fingerprint density at radius 2 is 2.03 bits per heavy atom. The molecule has 0 N–H and O–H groups in total. The number of fused-ring (bicyclic) bond motifs is 1. The maximum Gasteiger partial charge on any atom is 0.307 e. The number of pyridine rings is 1. The van der Waals surface area contributed by atoms with Gasteiger partial charge in [0.15, 0.2) is 6.10 Å². The van der Waals surface area contributed by atoms with Gasteiger partial charge in [-0.2, -0.15) is 4.98 Å². The minimum Gasteiger partial charge on any atom is -0.453 e. The zero-order valence-corrected chi connectivity index (χ0v) is 16.5. The van der Waals surface area contributed by atoms with Crippen LogP contribution in [-0.2, 0) is 23.0 Å². The number of hydrogen-bond acceptors (Lipinski definition) is 8. The van der Waals surface area contributed by atoms with Gasteiger partial charge in [-0.05, 0) is 31.2 Å². The summed E-state index contributed by atoms with van der Waals surface area (Å²) in [5, 5.41) is 4.44. The van der Waals surface area contributed by atoms with E-state index in [4.69, 9.17) is 9.26 Å². The summed E-state index contributed by atoms with van der Waals surface area (Å²) in [5.74, 6) is 0.626. The molecule has 1 aromatic carbocycles. The van der Waals surface area contributed by atoms with Crippen molar-refractivity contribution in [3.8, 4) is 11.4 Å². The fourth-order valence-corrected chi connectivity index (χ4v) is 3.02. The number of aryl methyl sites for hydroxylation is 1. The summed E-state index contributed by atoms with van der Waals surface area (Å²) in [4.78, 5) is 37.5. The summed E-state index contributed by atoms with van der Waals surface area (Å²) < 4.78 is 12.1. The first-order valence-electron chi connectivity index (χ1n) is 9.41. The normalized spacial score (nSPS) is 12.1. The number of esters is 1. The highest BCUT2D eigenvalue weighted by Gasteiger charge is 2.20. The third-order valence-corrected chi connectivity index (χ3v) is 4.65. The van der Waals surface area contributed by atoms with E-state index < -0.39 is 12.1 Å². The van der Waals surface area contributed by atoms with Crippen LogP contribution in [-0.4, -0.2) is 30.6 Å². The highest BCUT2D eigenvalue weighted by Crippen LogP contribution is 2.20. The van der Waals surface area contributed by atoms with E-state index in [9.17, 15) is 9.59 Å². The van der Waals surface area contributed by atoms with Gasteiger partial charge in [0.1, 0.15) is 5.82 Å². The van der Waals surface area contributed by atoms with Crippen LogP contribution in [0.1, 0.15) is 31.2 Å². The monoisotopic (exact) mass is 405 g/mol. The quantitative estimate of drug-likeness (QED) is 0.450. The number of ether oxygens (including phenoxy) is 1. The number of benzene rings is 1. The van der Waals surface area contributed by atoms with E-state index in [1.165, 1.54) is 4.57 Å². The first-order chi connectivity index (χ1) is 14.5. The lowest BCUT2D eigenvalue weighted by Gasteiger charge is -2.11. The second-order valence-electron chi connectivity index (χ2n) is 6.74. The Kier molecular flexibility index (Phi) is 5.34. The summed E-state index contributed by atoms with van der Waals surface area (Å²) in [6, 6.07) is 10.7. The van der Waals surface area contributed by atoms with Gasteiger partial charge in [-0.25, -0.2) is 4.98 Å². The highest BCUT2D eigenvalue weighted by molar-refractivity contribution is 5.77. The van der Waals surface area contributed by atoms with E-state index in [-0.39, 0.29) is 24.3 Å². The Hall–Kier alpha value is -3.88. The van der Waals surface area contributed by atoms with Crippen molar-refractivity contribution in [2.45, 2.75) is 25.9 Å². The Balaban J connectivity index is 1.41. The fourth-order valence-electron chi connectivity index (χ4n) is 3.02. The molecule has 3 heterocycles. The molecule has 4 aromatic rings. The summed E-state index contributed by atoms with van der Waals surface area (Å²) in [7, 11) is 1.64. The molecule has 9 heteroatoms. The predicted octanol–water partition coefficient (Wildman–Crippen LogP) is 2.62. The lowest BCUT2D eigenvalue weighted by atomic mass is 10.2. The minimum absolute atomic E-state index is 0.0621. The maximum absolute atomic E-state index is 12.5. The van der Waals surface area contributed by atoms with E-state index in [0.717, 1.165) is 0 Å². The molecule has 152 valence electrons. The topological polar surface area (TPSA) is 113 Å². The smallest absolute Gasteiger partial charge is 0.307 e. The molecular formula is C21H19N5O4. The van der Waals surface area contributed by atoms with Crippen molar-refractivity contribution in [2.24, 2.45) is 7.05 Å². The first-order valence-corrected chi connectivity index (χ1v) is 9.41. The highest BCUT2D eigenvalue weighted by atomic mass is 16.6. The lowest BCUT2D eigenvalue weighted by molar-refractivity contribution is -0.149. The van der Waals surface area contributed by atoms with Crippen LogP contribution in [0.4, 0.5) is 0 Å². The van der Waals surface area contributed by atoms with Crippen molar-refractivity contribution in [3.05, 3.63) is 70.9 Å². The standard InChI is InChI=1S/C21H19N5O4/c1-13(20-24-19(25-30-20)14-6-5-11-22-12-14)29-18(27)10-9-17-23-16-8-4-3-7-15(16)21(28)26(17)2/h3-8,11-13H,9-10H2,1-2H3. The van der Waals surface area contributed by atoms with E-state index in [0.29, 0.717) is 28.1 Å². The number of rotatable bonds is 6. The van der Waals surface area contributed by atoms with Crippen molar-refractivity contribution in [1.82, 2.24) is 24.7 Å². The molecule has 1 unspecified atom stereocenters. The molecule has 0 fully saturated rings. The zero-order valence-electron chi connectivity index (χ0n) is 16.5. The molecule has 0 aliphatic rings. The molecule has 0 saturated carbocycles. The Morgan fingerprint density at radius 1 is 1.20 bits per heavy atom. The van der Waals surface area contributed by atoms with Crippen LogP contribution in [0.5, 0.6) is 0 Å². The number of carbonyl (C=O) groups is 1. The summed E-state index contributed by atoms with van der Waals surface area (Å²) in [6.45, 7) is 1.66. The molecule has 3 aromatic heterocycles. The third-order valence-electron chi connectivity index (χ3n) is 4.65. The zero-order chi connectivity index (χ0) is 21.1. The number of hydrogen-bond donors (Lipinski definition) is 0. The van der Waals surface area contributed by atoms with Crippen molar-refractivity contribution in [3.63, 3.8) is 0 Å². The SMILES string of the molecule is CC(OC(=O)CCc1nc2ccccc2c(=O)n1C)c1nc(-c2cccnc2)no1. The van der Waals surface area contributed by atoms with Crippen LogP contribution in [0, 0.1) is 0 Å². The van der Waals surface area contributed by atoms with E-state index in [1.807, 2.05) is 6.07 Å². The minimum atomic E-state index is -0.705. The van der Waals surface area contributed by atoms with Crippen LogP contribution in [0.3, 0.4) is 0 Å². The molecule has 9 nitrogen and oxygen atoms in total. The van der Waals surface area contributed by atoms with E-state index >= 15 is 0 Å². The number of carbonyl (C=O) groups excluding carboxylic acids is 1. The van der Waals surface area contributed by atoms with Crippen molar-refractivity contribution in [1.29, 1.82) is 0 Å². The van der Waals surface area contributed by atoms with Crippen LogP contribution in [0.2, 0.25) is 0 Å². The summed E-state index contributed by atoms with van der Waals surface area (Å²) in [6.07, 6.45) is 2.89. The van der Waals surface area contributed by atoms with Crippen molar-refractivity contribution >= 4 is 16.9 Å². The molecule has 30 heavy (non-hydrogen) atoms. The molecule has 0 bridgehead atoms. The van der Waals surface area contributed by atoms with Crippen LogP contribution in [0.25, 0.3) is 22.3 Å². The molecular weight excluding hydrogens is 386 g/mol. The van der Waals surface area contributed by atoms with Crippen molar-refractivity contribution < 1.29 is 14.1 Å². The third kappa shape index (κ3) is 3.95. The molecule has 0 saturated heterocycles. The predicted molar refractivity (Wildman–Crippen MR) is 107 cm³/mol. The largest absolute Gasteiger partial charge is 0.453 e. The van der Waals surface area contributed by atoms with E-state index in [2.05, 4.69) is 20.1 Å². The first kappa shape index (κ1) is 19.4. The number of para-hydroxylation sites is 1. The van der Waals surface area contributed by atoms with Crippen molar-refractivity contribution in [2.75, 3.05) is 0 Å². The van der Waals surface area contributed by atoms with Gasteiger partial charge in [0.2, 0.25) is 5.82 Å². The van der Waals surface area contributed by atoms with Gasteiger partial charge in [0.25, 0.3) is 11.4 Å². The molecule has 1 atom stereocenters. The van der Waals surface area contributed by atoms with Crippen LogP contribution < -0.4 is 5.56 Å². The maximum atomic E-state index is 12.5. The molecule has 0 aliphatic carbocycles. The van der Waals surface area contributed by atoms with Crippen LogP contribution >= 0.6 is 0 Å². The molecule has 4 rings (SSSR count). The van der Waals surface area contributed by atoms with Crippen LogP contribution in [0.15, 0.2) is 58.1 Å². The summed E-state index contributed by atoms with van der Waals surface area (Å²) in [5.41, 5.74) is 1.16. The van der Waals surface area contributed by atoms with Gasteiger partial charge >= 0.3 is 5.97 Å². The Labute approximate surface area is 171 Å². The lowest BCUT2D eigenvalue weighted by Crippen LogP contribution is -2.23. The molecule has 0 amide bonds. The second-order valence-corrected chi connectivity index (χ2v) is 6.74. The molecule has 0 radical (unpaired) electrons. The summed E-state index contributed by atoms with van der Waals surface area (Å²) >= 11 is 0. The average Bonchev–Trinajstić information content (AvgIpc) is 3.26. The Morgan fingerprint density at radius 3 is 2.83 bits per heavy atom. The second kappa shape index (κ2) is 8.24. The van der Waals surface area contributed by atoms with Gasteiger partial charge in [0.05, 0.1) is 17.3 Å². The Bertz CT molecular complexity index is 1250. The van der Waals surface area contributed by atoms with Gasteiger partial charge in [-0.15, -0.1) is 0 Å². The van der Waals surface area contributed by atoms with E-state index in [1.54, 1.807) is 56.7 Å². The van der Waals surface area contributed by atoms with Gasteiger partial charge in [-0.3, -0.25) is 19.1 Å². The fraction of sp³-hybridized carbons (Fsp3) is 0.238. The molecule has 0 spiro atoms. The van der Waals surface area contributed by atoms with Gasteiger partial charge in [0, 0.05) is 31.4 Å². The number of aromatic nitrogens is 5. The van der Waals surface area contributed by atoms with Gasteiger partial charge < -0.3 is 9.26 Å².